The van der Waals surface area contributed by atoms with Crippen molar-refractivity contribution < 1.29 is 19.1 Å². The van der Waals surface area contributed by atoms with E-state index < -0.39 is 5.97 Å². The lowest BCUT2D eigenvalue weighted by atomic mass is 10.2. The third kappa shape index (κ3) is 4.45. The van der Waals surface area contributed by atoms with E-state index in [0.717, 1.165) is 12.0 Å². The molecular weight excluding hydrogens is 268 g/mol. The lowest BCUT2D eigenvalue weighted by molar-refractivity contribution is -0.136. The smallest absolute Gasteiger partial charge is 0.349 e. The second-order valence-electron chi connectivity index (χ2n) is 4.45. The summed E-state index contributed by atoms with van der Waals surface area (Å²) in [4.78, 5) is 22.4. The summed E-state index contributed by atoms with van der Waals surface area (Å²) >= 11 is 0. The molecule has 0 amide bonds. The van der Waals surface area contributed by atoms with Crippen LogP contribution in [0.1, 0.15) is 22.8 Å². The van der Waals surface area contributed by atoms with Crippen LogP contribution in [0.4, 0.5) is 0 Å². The average Bonchev–Trinajstić information content (AvgIpc) is 2.53. The van der Waals surface area contributed by atoms with E-state index in [0.29, 0.717) is 23.3 Å². The largest absolute Gasteiger partial charge is 0.482 e. The number of ether oxygens (including phenoxy) is 2. The number of rotatable bonds is 6. The lowest BCUT2D eigenvalue weighted by Gasteiger charge is -2.08. The fourth-order valence-corrected chi connectivity index (χ4v) is 1.81. The molecule has 2 aromatic carbocycles. The summed E-state index contributed by atoms with van der Waals surface area (Å²) < 4.78 is 10.5. The van der Waals surface area contributed by atoms with Crippen LogP contribution in [0.25, 0.3) is 0 Å². The Bertz CT molecular complexity index is 634. The summed E-state index contributed by atoms with van der Waals surface area (Å²) in [7, 11) is 0. The number of aryl methyl sites for hydroxylation is 1. The van der Waals surface area contributed by atoms with E-state index in [1.54, 1.807) is 24.3 Å². The van der Waals surface area contributed by atoms with Crippen LogP contribution in [0.2, 0.25) is 0 Å². The Morgan fingerprint density at radius 1 is 1.10 bits per heavy atom. The molecule has 0 aliphatic carbocycles. The molecule has 0 N–H and O–H groups in total. The molecule has 4 nitrogen and oxygen atoms in total. The van der Waals surface area contributed by atoms with Crippen molar-refractivity contribution in [1.29, 1.82) is 0 Å². The van der Waals surface area contributed by atoms with Crippen molar-refractivity contribution in [1.82, 2.24) is 0 Å². The van der Waals surface area contributed by atoms with Crippen LogP contribution in [0.5, 0.6) is 11.5 Å². The Kier molecular flexibility index (Phi) is 5.10. The lowest BCUT2D eigenvalue weighted by Crippen LogP contribution is -2.17. The highest BCUT2D eigenvalue weighted by Gasteiger charge is 2.07. The number of hydrogen-bond acceptors (Lipinski definition) is 4. The predicted molar refractivity (Wildman–Crippen MR) is 78.8 cm³/mol. The summed E-state index contributed by atoms with van der Waals surface area (Å²) in [5.41, 5.74) is 1.59. The van der Waals surface area contributed by atoms with Crippen LogP contribution in [-0.2, 0) is 11.2 Å². The molecule has 0 bridgehead atoms. The average molecular weight is 284 g/mol. The summed E-state index contributed by atoms with van der Waals surface area (Å²) in [5.74, 6) is 0.448. The van der Waals surface area contributed by atoms with Gasteiger partial charge >= 0.3 is 5.97 Å². The minimum absolute atomic E-state index is 0.182. The number of hydrogen-bond donors (Lipinski definition) is 0. The van der Waals surface area contributed by atoms with E-state index in [4.69, 9.17) is 9.47 Å². The zero-order chi connectivity index (χ0) is 15.1. The molecule has 0 radical (unpaired) electrons. The van der Waals surface area contributed by atoms with Crippen molar-refractivity contribution in [2.75, 3.05) is 6.61 Å². The normalized spacial score (nSPS) is 9.95. The van der Waals surface area contributed by atoms with E-state index in [-0.39, 0.29) is 6.61 Å². The second kappa shape index (κ2) is 7.24. The zero-order valence-electron chi connectivity index (χ0n) is 11.7. The first kappa shape index (κ1) is 14.8. The minimum atomic E-state index is -0.514. The maximum absolute atomic E-state index is 11.7. The van der Waals surface area contributed by atoms with E-state index in [9.17, 15) is 9.59 Å². The summed E-state index contributed by atoms with van der Waals surface area (Å²) in [6.45, 7) is 1.87. The van der Waals surface area contributed by atoms with Gasteiger partial charge in [0.2, 0.25) is 0 Å². The molecule has 0 heterocycles. The van der Waals surface area contributed by atoms with Crippen molar-refractivity contribution in [3.05, 3.63) is 59.7 Å². The van der Waals surface area contributed by atoms with Gasteiger partial charge < -0.3 is 9.47 Å². The van der Waals surface area contributed by atoms with Crippen LogP contribution >= 0.6 is 0 Å². The van der Waals surface area contributed by atoms with E-state index in [1.165, 1.54) is 6.07 Å². The Morgan fingerprint density at radius 3 is 2.62 bits per heavy atom. The fraction of sp³-hybridized carbons (Fsp3) is 0.176. The van der Waals surface area contributed by atoms with Crippen LogP contribution < -0.4 is 9.47 Å². The van der Waals surface area contributed by atoms with E-state index in [1.807, 2.05) is 25.1 Å². The molecule has 0 aliphatic rings. The molecule has 0 atom stereocenters. The Morgan fingerprint density at radius 2 is 1.86 bits per heavy atom. The molecule has 0 saturated carbocycles. The van der Waals surface area contributed by atoms with Gasteiger partial charge in [-0.05, 0) is 36.2 Å². The van der Waals surface area contributed by atoms with Gasteiger partial charge in [0.1, 0.15) is 17.8 Å². The quantitative estimate of drug-likeness (QED) is 0.465. The van der Waals surface area contributed by atoms with Gasteiger partial charge in [0.05, 0.1) is 0 Å². The molecule has 0 unspecified atom stereocenters. The number of carbonyl (C=O) groups is 2. The molecule has 0 aliphatic heterocycles. The molecular formula is C17H16O4. The number of aldehydes is 1. The third-order valence-electron chi connectivity index (χ3n) is 2.89. The Balaban J connectivity index is 1.90. The second-order valence-corrected chi connectivity index (χ2v) is 4.45. The Labute approximate surface area is 123 Å². The third-order valence-corrected chi connectivity index (χ3v) is 2.89. The van der Waals surface area contributed by atoms with Crippen molar-refractivity contribution in [3.63, 3.8) is 0 Å². The van der Waals surface area contributed by atoms with Crippen molar-refractivity contribution in [2.24, 2.45) is 0 Å². The molecule has 21 heavy (non-hydrogen) atoms. The van der Waals surface area contributed by atoms with Gasteiger partial charge in [-0.3, -0.25) is 4.79 Å². The van der Waals surface area contributed by atoms with Gasteiger partial charge in [0.15, 0.2) is 6.61 Å². The maximum Gasteiger partial charge on any atom is 0.349 e. The van der Waals surface area contributed by atoms with Gasteiger partial charge in [-0.2, -0.15) is 0 Å². The first-order valence-electron chi connectivity index (χ1n) is 6.69. The topological polar surface area (TPSA) is 52.6 Å². The van der Waals surface area contributed by atoms with Crippen LogP contribution in [0.15, 0.2) is 48.5 Å². The molecule has 2 rings (SSSR count). The number of carbonyl (C=O) groups excluding carboxylic acids is 2. The van der Waals surface area contributed by atoms with Gasteiger partial charge in [-0.25, -0.2) is 4.79 Å². The van der Waals surface area contributed by atoms with Crippen molar-refractivity contribution in [2.45, 2.75) is 13.3 Å². The zero-order valence-corrected chi connectivity index (χ0v) is 11.7. The molecule has 4 heteroatoms. The van der Waals surface area contributed by atoms with E-state index in [2.05, 4.69) is 0 Å². The Hall–Kier alpha value is -2.62. The monoisotopic (exact) mass is 284 g/mol. The summed E-state index contributed by atoms with van der Waals surface area (Å²) in [6, 6.07) is 14.0. The van der Waals surface area contributed by atoms with Gasteiger partial charge in [0.25, 0.3) is 0 Å². The minimum Gasteiger partial charge on any atom is -0.482 e. The van der Waals surface area contributed by atoms with Crippen molar-refractivity contribution in [3.8, 4) is 11.5 Å². The summed E-state index contributed by atoms with van der Waals surface area (Å²) in [6.07, 6.45) is 1.60. The van der Waals surface area contributed by atoms with Gasteiger partial charge in [-0.1, -0.05) is 31.2 Å². The van der Waals surface area contributed by atoms with Crippen LogP contribution in [0, 0.1) is 0 Å². The molecule has 0 aromatic heterocycles. The summed E-state index contributed by atoms with van der Waals surface area (Å²) in [5, 5.41) is 0. The highest BCUT2D eigenvalue weighted by atomic mass is 16.6. The molecule has 0 saturated heterocycles. The highest BCUT2D eigenvalue weighted by Crippen LogP contribution is 2.15. The van der Waals surface area contributed by atoms with Crippen molar-refractivity contribution >= 4 is 12.3 Å². The molecule has 108 valence electrons. The number of esters is 1. The highest BCUT2D eigenvalue weighted by molar-refractivity contribution is 5.77. The van der Waals surface area contributed by atoms with Gasteiger partial charge in [-0.15, -0.1) is 0 Å². The molecule has 2 aromatic rings. The first-order chi connectivity index (χ1) is 10.2. The van der Waals surface area contributed by atoms with E-state index >= 15 is 0 Å². The number of benzene rings is 2. The first-order valence-corrected chi connectivity index (χ1v) is 6.69. The molecule has 0 fully saturated rings. The SMILES string of the molecule is CCc1cccc(OCC(=O)Oc2cccc(C=O)c2)c1. The molecule has 0 spiro atoms. The maximum atomic E-state index is 11.7. The van der Waals surface area contributed by atoms with Gasteiger partial charge in [0, 0.05) is 5.56 Å². The van der Waals surface area contributed by atoms with Crippen LogP contribution in [-0.4, -0.2) is 18.9 Å². The van der Waals surface area contributed by atoms with Crippen LogP contribution in [0.3, 0.4) is 0 Å². The fourth-order valence-electron chi connectivity index (χ4n) is 1.81. The standard InChI is InChI=1S/C17H16O4/c1-2-13-5-3-7-15(9-13)20-12-17(19)21-16-8-4-6-14(10-16)11-18/h3-11H,2,12H2,1H3. The predicted octanol–water partition coefficient (Wildman–Crippen LogP) is 3.05.